The molecule has 1 saturated heterocycles. The number of rotatable bonds is 4. The van der Waals surface area contributed by atoms with E-state index in [4.69, 9.17) is 14.2 Å². The standard InChI is InChI=1S/C6H12O3S2/c10-2-1-3-11-6-8-4-7-5-9-6/h6,10H,1-5H2. The van der Waals surface area contributed by atoms with Crippen molar-refractivity contribution in [3.63, 3.8) is 0 Å². The molecule has 0 aliphatic carbocycles. The van der Waals surface area contributed by atoms with Gasteiger partial charge in [0.15, 0.2) is 13.6 Å². The molecule has 0 aromatic rings. The molecule has 0 amide bonds. The maximum Gasteiger partial charge on any atom is 0.211 e. The van der Waals surface area contributed by atoms with Crippen LogP contribution in [0.2, 0.25) is 0 Å². The molecule has 0 aromatic carbocycles. The largest absolute Gasteiger partial charge is 0.329 e. The molecule has 5 heteroatoms. The van der Waals surface area contributed by atoms with Crippen molar-refractivity contribution in [2.45, 2.75) is 12.0 Å². The van der Waals surface area contributed by atoms with Crippen molar-refractivity contribution in [1.82, 2.24) is 0 Å². The highest BCUT2D eigenvalue weighted by molar-refractivity contribution is 7.99. The Balaban J connectivity index is 1.96. The second-order valence-electron chi connectivity index (χ2n) is 2.01. The second-order valence-corrected chi connectivity index (χ2v) is 3.58. The summed E-state index contributed by atoms with van der Waals surface area (Å²) in [5.74, 6) is 1.93. The summed E-state index contributed by atoms with van der Waals surface area (Å²) < 4.78 is 15.1. The Labute approximate surface area is 76.2 Å². The number of thioether (sulfide) groups is 1. The van der Waals surface area contributed by atoms with Crippen molar-refractivity contribution < 1.29 is 14.2 Å². The molecule has 1 fully saturated rings. The van der Waals surface area contributed by atoms with Crippen LogP contribution in [-0.2, 0) is 14.2 Å². The zero-order valence-electron chi connectivity index (χ0n) is 6.19. The van der Waals surface area contributed by atoms with E-state index in [1.54, 1.807) is 11.8 Å². The summed E-state index contributed by atoms with van der Waals surface area (Å²) in [4.78, 5) is 0. The Bertz CT molecular complexity index is 95.8. The molecule has 0 saturated carbocycles. The van der Waals surface area contributed by atoms with E-state index >= 15 is 0 Å². The van der Waals surface area contributed by atoms with Gasteiger partial charge in [0.05, 0.1) is 0 Å². The molecule has 0 radical (unpaired) electrons. The van der Waals surface area contributed by atoms with Crippen molar-refractivity contribution in [2.24, 2.45) is 0 Å². The molecule has 11 heavy (non-hydrogen) atoms. The van der Waals surface area contributed by atoms with Crippen molar-refractivity contribution in [3.8, 4) is 0 Å². The quantitative estimate of drug-likeness (QED) is 0.542. The lowest BCUT2D eigenvalue weighted by Crippen LogP contribution is -2.24. The zero-order chi connectivity index (χ0) is 7.94. The van der Waals surface area contributed by atoms with Crippen LogP contribution in [0.1, 0.15) is 6.42 Å². The second kappa shape index (κ2) is 6.14. The molecular weight excluding hydrogens is 184 g/mol. The minimum atomic E-state index is -0.136. The molecule has 1 heterocycles. The topological polar surface area (TPSA) is 27.7 Å². The van der Waals surface area contributed by atoms with Gasteiger partial charge in [-0.05, 0) is 17.9 Å². The highest BCUT2D eigenvalue weighted by Gasteiger charge is 2.13. The lowest BCUT2D eigenvalue weighted by molar-refractivity contribution is -0.264. The van der Waals surface area contributed by atoms with Crippen LogP contribution in [0.3, 0.4) is 0 Å². The summed E-state index contributed by atoms with van der Waals surface area (Å²) in [6, 6.07) is 0. The van der Waals surface area contributed by atoms with Gasteiger partial charge in [-0.25, -0.2) is 0 Å². The summed E-state index contributed by atoms with van der Waals surface area (Å²) in [6.07, 6.45) is 1.08. The molecule has 0 atom stereocenters. The van der Waals surface area contributed by atoms with Crippen LogP contribution in [0, 0.1) is 0 Å². The highest BCUT2D eigenvalue weighted by Crippen LogP contribution is 2.17. The third kappa shape index (κ3) is 4.22. The Morgan fingerprint density at radius 3 is 2.73 bits per heavy atom. The lowest BCUT2D eigenvalue weighted by Gasteiger charge is -2.22. The predicted molar refractivity (Wildman–Crippen MR) is 47.7 cm³/mol. The van der Waals surface area contributed by atoms with Crippen molar-refractivity contribution >= 4 is 24.4 Å². The van der Waals surface area contributed by atoms with Gasteiger partial charge in [-0.2, -0.15) is 12.6 Å². The fraction of sp³-hybridized carbons (Fsp3) is 1.00. The van der Waals surface area contributed by atoms with Gasteiger partial charge in [0, 0.05) is 0 Å². The lowest BCUT2D eigenvalue weighted by atomic mass is 10.6. The van der Waals surface area contributed by atoms with Gasteiger partial charge >= 0.3 is 0 Å². The Hall–Kier alpha value is 0.580. The normalized spacial score (nSPS) is 20.5. The van der Waals surface area contributed by atoms with E-state index in [2.05, 4.69) is 12.6 Å². The monoisotopic (exact) mass is 196 g/mol. The summed E-state index contributed by atoms with van der Waals surface area (Å²) in [5, 5.41) is 0. The fourth-order valence-corrected chi connectivity index (χ4v) is 1.81. The number of hydrogen-bond acceptors (Lipinski definition) is 5. The van der Waals surface area contributed by atoms with Gasteiger partial charge in [0.1, 0.15) is 0 Å². The summed E-state index contributed by atoms with van der Waals surface area (Å²) in [7, 11) is 0. The first kappa shape index (κ1) is 9.67. The third-order valence-corrected chi connectivity index (χ3v) is 2.52. The number of thiol groups is 1. The van der Waals surface area contributed by atoms with Gasteiger partial charge in [0.25, 0.3) is 0 Å². The SMILES string of the molecule is SCCCSC1OCOCO1. The first-order valence-electron chi connectivity index (χ1n) is 3.47. The average molecular weight is 196 g/mol. The van der Waals surface area contributed by atoms with E-state index < -0.39 is 0 Å². The molecule has 3 nitrogen and oxygen atoms in total. The van der Waals surface area contributed by atoms with Gasteiger partial charge in [-0.3, -0.25) is 0 Å². The van der Waals surface area contributed by atoms with E-state index in [1.165, 1.54) is 0 Å². The number of hydrogen-bond donors (Lipinski definition) is 1. The molecule has 0 unspecified atom stereocenters. The van der Waals surface area contributed by atoms with E-state index in [-0.39, 0.29) is 5.62 Å². The van der Waals surface area contributed by atoms with Crippen LogP contribution in [-0.4, -0.2) is 30.7 Å². The molecule has 0 aromatic heterocycles. The van der Waals surface area contributed by atoms with Crippen LogP contribution < -0.4 is 0 Å². The first-order valence-corrected chi connectivity index (χ1v) is 5.15. The van der Waals surface area contributed by atoms with Gasteiger partial charge in [0.2, 0.25) is 5.62 Å². The van der Waals surface area contributed by atoms with E-state index in [0.717, 1.165) is 17.9 Å². The van der Waals surface area contributed by atoms with Crippen molar-refractivity contribution in [2.75, 3.05) is 25.1 Å². The van der Waals surface area contributed by atoms with Gasteiger partial charge < -0.3 is 14.2 Å². The molecule has 0 bridgehead atoms. The maximum atomic E-state index is 5.12. The fourth-order valence-electron chi connectivity index (χ4n) is 0.630. The molecule has 0 N–H and O–H groups in total. The van der Waals surface area contributed by atoms with Crippen molar-refractivity contribution in [1.29, 1.82) is 0 Å². The van der Waals surface area contributed by atoms with Crippen molar-refractivity contribution in [3.05, 3.63) is 0 Å². The smallest absolute Gasteiger partial charge is 0.211 e. The molecule has 0 spiro atoms. The van der Waals surface area contributed by atoms with E-state index in [0.29, 0.717) is 13.6 Å². The maximum absolute atomic E-state index is 5.12. The van der Waals surface area contributed by atoms with Crippen LogP contribution in [0.15, 0.2) is 0 Å². The molecule has 1 aliphatic rings. The van der Waals surface area contributed by atoms with Crippen LogP contribution in [0.25, 0.3) is 0 Å². The molecule has 66 valence electrons. The molecule has 1 aliphatic heterocycles. The predicted octanol–water partition coefficient (Wildman–Crippen LogP) is 1.30. The highest BCUT2D eigenvalue weighted by atomic mass is 32.2. The van der Waals surface area contributed by atoms with Gasteiger partial charge in [-0.1, -0.05) is 0 Å². The number of ether oxygens (including phenoxy) is 3. The third-order valence-electron chi connectivity index (χ3n) is 1.13. The Morgan fingerprint density at radius 1 is 1.36 bits per heavy atom. The first-order chi connectivity index (χ1) is 5.43. The Morgan fingerprint density at radius 2 is 2.09 bits per heavy atom. The van der Waals surface area contributed by atoms with E-state index in [9.17, 15) is 0 Å². The zero-order valence-corrected chi connectivity index (χ0v) is 7.90. The van der Waals surface area contributed by atoms with Gasteiger partial charge in [-0.15, -0.1) is 11.8 Å². The minimum Gasteiger partial charge on any atom is -0.329 e. The minimum absolute atomic E-state index is 0.136. The van der Waals surface area contributed by atoms with Crippen LogP contribution in [0.4, 0.5) is 0 Å². The summed E-state index contributed by atoms with van der Waals surface area (Å²) >= 11 is 5.75. The Kier molecular flexibility index (Phi) is 5.39. The van der Waals surface area contributed by atoms with Crippen LogP contribution >= 0.6 is 24.4 Å². The summed E-state index contributed by atoms with van der Waals surface area (Å²) in [5.41, 5.74) is -0.136. The summed E-state index contributed by atoms with van der Waals surface area (Å²) in [6.45, 7) is 0.692. The van der Waals surface area contributed by atoms with Crippen LogP contribution in [0.5, 0.6) is 0 Å². The van der Waals surface area contributed by atoms with E-state index in [1.807, 2.05) is 0 Å². The molecular formula is C6H12O3S2. The molecule has 1 rings (SSSR count). The average Bonchev–Trinajstić information content (AvgIpc) is 2.07.